The SMILES string of the molecule is COc1ccc(-c2ccc(C(=O)N3CCN(CC(C)C)C(=O)C3C)o2)cc1. The minimum atomic E-state index is -0.487. The van der Waals surface area contributed by atoms with E-state index in [4.69, 9.17) is 9.15 Å². The predicted octanol–water partition coefficient (Wildman–Crippen LogP) is 3.28. The van der Waals surface area contributed by atoms with Crippen molar-refractivity contribution in [2.45, 2.75) is 26.8 Å². The largest absolute Gasteiger partial charge is 0.497 e. The fourth-order valence-electron chi connectivity index (χ4n) is 3.33. The van der Waals surface area contributed by atoms with E-state index in [0.717, 1.165) is 11.3 Å². The van der Waals surface area contributed by atoms with Gasteiger partial charge in [-0.3, -0.25) is 9.59 Å². The lowest BCUT2D eigenvalue weighted by atomic mass is 10.1. The molecule has 1 aromatic heterocycles. The Morgan fingerprint density at radius 1 is 1.19 bits per heavy atom. The summed E-state index contributed by atoms with van der Waals surface area (Å²) in [5.74, 6) is 1.76. The summed E-state index contributed by atoms with van der Waals surface area (Å²) in [5.41, 5.74) is 0.862. The first-order valence-corrected chi connectivity index (χ1v) is 9.24. The number of furan rings is 1. The topological polar surface area (TPSA) is 63.0 Å². The maximum atomic E-state index is 12.9. The van der Waals surface area contributed by atoms with Gasteiger partial charge in [-0.25, -0.2) is 0 Å². The van der Waals surface area contributed by atoms with E-state index >= 15 is 0 Å². The van der Waals surface area contributed by atoms with Crippen LogP contribution in [0.15, 0.2) is 40.8 Å². The number of amides is 2. The second-order valence-corrected chi connectivity index (χ2v) is 7.25. The summed E-state index contributed by atoms with van der Waals surface area (Å²) in [7, 11) is 1.61. The maximum Gasteiger partial charge on any atom is 0.290 e. The Labute approximate surface area is 159 Å². The van der Waals surface area contributed by atoms with E-state index in [-0.39, 0.29) is 17.6 Å². The second-order valence-electron chi connectivity index (χ2n) is 7.25. The molecule has 27 heavy (non-hydrogen) atoms. The minimum absolute atomic E-state index is 0.00904. The van der Waals surface area contributed by atoms with Crippen molar-refractivity contribution in [3.05, 3.63) is 42.2 Å². The highest BCUT2D eigenvalue weighted by Crippen LogP contribution is 2.26. The summed E-state index contributed by atoms with van der Waals surface area (Å²) in [6.07, 6.45) is 0. The van der Waals surface area contributed by atoms with Crippen LogP contribution in [-0.4, -0.2) is 54.4 Å². The average molecular weight is 370 g/mol. The van der Waals surface area contributed by atoms with Crippen LogP contribution in [0.4, 0.5) is 0 Å². The predicted molar refractivity (Wildman–Crippen MR) is 103 cm³/mol. The van der Waals surface area contributed by atoms with Crippen LogP contribution in [-0.2, 0) is 4.79 Å². The fourth-order valence-corrected chi connectivity index (χ4v) is 3.33. The Balaban J connectivity index is 1.73. The number of carbonyl (C=O) groups is 2. The second kappa shape index (κ2) is 7.86. The highest BCUT2D eigenvalue weighted by Gasteiger charge is 2.35. The van der Waals surface area contributed by atoms with Gasteiger partial charge in [-0.1, -0.05) is 13.8 Å². The van der Waals surface area contributed by atoms with Crippen molar-refractivity contribution in [2.24, 2.45) is 5.92 Å². The molecule has 0 N–H and O–H groups in total. The Hall–Kier alpha value is -2.76. The Bertz CT molecular complexity index is 810. The molecule has 1 fully saturated rings. The number of piperazine rings is 1. The summed E-state index contributed by atoms with van der Waals surface area (Å²) in [6.45, 7) is 7.72. The first-order chi connectivity index (χ1) is 12.9. The lowest BCUT2D eigenvalue weighted by molar-refractivity contribution is -0.140. The molecular formula is C21H26N2O4. The Kier molecular flexibility index (Phi) is 5.54. The molecule has 2 aromatic rings. The van der Waals surface area contributed by atoms with E-state index in [1.54, 1.807) is 31.1 Å². The summed E-state index contributed by atoms with van der Waals surface area (Å²) >= 11 is 0. The molecule has 1 atom stereocenters. The molecule has 1 aromatic carbocycles. The molecule has 2 amide bonds. The molecule has 2 heterocycles. The number of hydrogen-bond donors (Lipinski definition) is 0. The Morgan fingerprint density at radius 3 is 2.52 bits per heavy atom. The third-order valence-electron chi connectivity index (χ3n) is 4.79. The number of ether oxygens (including phenoxy) is 1. The monoisotopic (exact) mass is 370 g/mol. The van der Waals surface area contributed by atoms with Crippen LogP contribution in [0, 0.1) is 5.92 Å². The van der Waals surface area contributed by atoms with E-state index in [0.29, 0.717) is 31.3 Å². The van der Waals surface area contributed by atoms with Gasteiger partial charge in [0, 0.05) is 25.2 Å². The van der Waals surface area contributed by atoms with Crippen molar-refractivity contribution in [1.82, 2.24) is 9.80 Å². The fraction of sp³-hybridized carbons (Fsp3) is 0.429. The molecule has 6 heteroatoms. The first-order valence-electron chi connectivity index (χ1n) is 9.24. The van der Waals surface area contributed by atoms with Gasteiger partial charge in [0.1, 0.15) is 17.6 Å². The minimum Gasteiger partial charge on any atom is -0.497 e. The molecule has 1 aliphatic rings. The van der Waals surface area contributed by atoms with Crippen LogP contribution in [0.5, 0.6) is 5.75 Å². The van der Waals surface area contributed by atoms with Crippen LogP contribution < -0.4 is 4.74 Å². The zero-order valence-corrected chi connectivity index (χ0v) is 16.3. The third-order valence-corrected chi connectivity index (χ3v) is 4.79. The van der Waals surface area contributed by atoms with Crippen molar-refractivity contribution >= 4 is 11.8 Å². The van der Waals surface area contributed by atoms with E-state index in [2.05, 4.69) is 13.8 Å². The van der Waals surface area contributed by atoms with Crippen molar-refractivity contribution < 1.29 is 18.7 Å². The van der Waals surface area contributed by atoms with Crippen molar-refractivity contribution in [1.29, 1.82) is 0 Å². The van der Waals surface area contributed by atoms with Gasteiger partial charge in [-0.2, -0.15) is 0 Å². The Morgan fingerprint density at radius 2 is 1.89 bits per heavy atom. The standard InChI is InChI=1S/C21H26N2O4/c1-14(2)13-22-11-12-23(15(3)20(22)24)21(25)19-10-9-18(27-19)16-5-7-17(26-4)8-6-16/h5-10,14-15H,11-13H2,1-4H3. The first kappa shape index (κ1) is 19.0. The van der Waals surface area contributed by atoms with Gasteiger partial charge in [-0.15, -0.1) is 0 Å². The van der Waals surface area contributed by atoms with E-state index in [9.17, 15) is 9.59 Å². The molecule has 0 bridgehead atoms. The summed E-state index contributed by atoms with van der Waals surface area (Å²) in [4.78, 5) is 28.9. The van der Waals surface area contributed by atoms with Crippen LogP contribution in [0.2, 0.25) is 0 Å². The molecule has 0 saturated carbocycles. The van der Waals surface area contributed by atoms with E-state index in [1.165, 1.54) is 0 Å². The average Bonchev–Trinajstić information content (AvgIpc) is 3.15. The number of carbonyl (C=O) groups excluding carboxylic acids is 2. The van der Waals surface area contributed by atoms with Crippen LogP contribution in [0.1, 0.15) is 31.3 Å². The summed E-state index contributed by atoms with van der Waals surface area (Å²) in [5, 5.41) is 0. The quantitative estimate of drug-likeness (QED) is 0.810. The van der Waals surface area contributed by atoms with Gasteiger partial charge in [0.05, 0.1) is 7.11 Å². The van der Waals surface area contributed by atoms with Crippen molar-refractivity contribution in [3.63, 3.8) is 0 Å². The summed E-state index contributed by atoms with van der Waals surface area (Å²) in [6, 6.07) is 10.4. The van der Waals surface area contributed by atoms with Crippen LogP contribution in [0.25, 0.3) is 11.3 Å². The lowest BCUT2D eigenvalue weighted by Gasteiger charge is -2.39. The molecule has 3 rings (SSSR count). The number of rotatable bonds is 5. The molecule has 1 saturated heterocycles. The molecule has 0 aliphatic carbocycles. The number of hydrogen-bond acceptors (Lipinski definition) is 4. The van der Waals surface area contributed by atoms with Crippen molar-refractivity contribution in [3.8, 4) is 17.1 Å². The number of nitrogens with zero attached hydrogens (tertiary/aromatic N) is 2. The van der Waals surface area contributed by atoms with Crippen LogP contribution >= 0.6 is 0 Å². The molecular weight excluding hydrogens is 344 g/mol. The highest BCUT2D eigenvalue weighted by molar-refractivity contribution is 5.96. The van der Waals surface area contributed by atoms with E-state index in [1.807, 2.05) is 29.2 Å². The van der Waals surface area contributed by atoms with E-state index < -0.39 is 6.04 Å². The lowest BCUT2D eigenvalue weighted by Crippen LogP contribution is -2.58. The van der Waals surface area contributed by atoms with Gasteiger partial charge < -0.3 is 19.0 Å². The highest BCUT2D eigenvalue weighted by atomic mass is 16.5. The van der Waals surface area contributed by atoms with Gasteiger partial charge in [0.2, 0.25) is 5.91 Å². The van der Waals surface area contributed by atoms with Gasteiger partial charge >= 0.3 is 0 Å². The van der Waals surface area contributed by atoms with Crippen molar-refractivity contribution in [2.75, 3.05) is 26.7 Å². The van der Waals surface area contributed by atoms with Crippen LogP contribution in [0.3, 0.4) is 0 Å². The smallest absolute Gasteiger partial charge is 0.290 e. The van der Waals surface area contributed by atoms with Gasteiger partial charge in [0.25, 0.3) is 5.91 Å². The normalized spacial score (nSPS) is 17.5. The molecule has 1 unspecified atom stereocenters. The molecule has 1 aliphatic heterocycles. The third kappa shape index (κ3) is 3.99. The number of benzene rings is 1. The number of methoxy groups -OCH3 is 1. The molecule has 6 nitrogen and oxygen atoms in total. The van der Waals surface area contributed by atoms with Gasteiger partial charge in [-0.05, 0) is 49.2 Å². The molecule has 144 valence electrons. The van der Waals surface area contributed by atoms with Gasteiger partial charge in [0.15, 0.2) is 5.76 Å². The zero-order valence-electron chi connectivity index (χ0n) is 16.3. The zero-order chi connectivity index (χ0) is 19.6. The molecule has 0 radical (unpaired) electrons. The summed E-state index contributed by atoms with van der Waals surface area (Å²) < 4.78 is 10.9. The maximum absolute atomic E-state index is 12.9. The molecule has 0 spiro atoms.